The molecular weight excluding hydrogens is 298 g/mol. The summed E-state index contributed by atoms with van der Waals surface area (Å²) in [4.78, 5) is 25.2. The Balaban J connectivity index is 2.00. The molecule has 0 aliphatic carbocycles. The van der Waals surface area contributed by atoms with E-state index in [-0.39, 0.29) is 17.6 Å². The minimum Gasteiger partial charge on any atom is -0.477 e. The molecule has 0 saturated carbocycles. The number of nitrogens with zero attached hydrogens (tertiary/aromatic N) is 3. The third kappa shape index (κ3) is 2.26. The first-order chi connectivity index (χ1) is 10.9. The largest absolute Gasteiger partial charge is 0.477 e. The lowest BCUT2D eigenvalue weighted by atomic mass is 9.83. The van der Waals surface area contributed by atoms with Crippen LogP contribution in [0.25, 0.3) is 5.57 Å². The number of carboxylic acids is 1. The molecule has 3 heterocycles. The maximum Gasteiger partial charge on any atom is 0.352 e. The molecule has 3 rings (SSSR count). The van der Waals surface area contributed by atoms with E-state index in [0.29, 0.717) is 17.7 Å². The van der Waals surface area contributed by atoms with E-state index in [0.717, 1.165) is 18.7 Å². The highest BCUT2D eigenvalue weighted by Gasteiger charge is 2.57. The first kappa shape index (κ1) is 15.7. The SMILES string of the molecule is CCCn1nc(C2=C(C(=O)O)N3C(=O)C(C(C)O)C3C2)cc1C. The maximum absolute atomic E-state index is 12.2. The van der Waals surface area contributed by atoms with Crippen LogP contribution in [-0.2, 0) is 16.1 Å². The highest BCUT2D eigenvalue weighted by molar-refractivity contribution is 6.05. The van der Waals surface area contributed by atoms with Gasteiger partial charge in [0.15, 0.2) is 0 Å². The number of fused-ring (bicyclic) bond motifs is 1. The van der Waals surface area contributed by atoms with Crippen molar-refractivity contribution in [2.75, 3.05) is 0 Å². The number of rotatable bonds is 5. The van der Waals surface area contributed by atoms with Crippen molar-refractivity contribution in [2.45, 2.75) is 52.3 Å². The zero-order valence-electron chi connectivity index (χ0n) is 13.5. The van der Waals surface area contributed by atoms with Crippen molar-refractivity contribution in [1.82, 2.24) is 14.7 Å². The molecule has 1 fully saturated rings. The van der Waals surface area contributed by atoms with Crippen LogP contribution in [0.1, 0.15) is 38.1 Å². The van der Waals surface area contributed by atoms with Gasteiger partial charge in [-0.05, 0) is 32.8 Å². The second kappa shape index (κ2) is 5.49. The molecule has 7 nitrogen and oxygen atoms in total. The number of β-lactam (4-membered cyclic amide) rings is 1. The Hall–Kier alpha value is -2.15. The summed E-state index contributed by atoms with van der Waals surface area (Å²) in [6.45, 7) is 6.32. The predicted octanol–water partition coefficient (Wildman–Crippen LogP) is 1.01. The molecule has 1 amide bonds. The molecule has 1 aromatic heterocycles. The van der Waals surface area contributed by atoms with Gasteiger partial charge in [-0.2, -0.15) is 5.10 Å². The Bertz CT molecular complexity index is 704. The lowest BCUT2D eigenvalue weighted by Gasteiger charge is -2.44. The van der Waals surface area contributed by atoms with E-state index in [1.807, 2.05) is 17.7 Å². The van der Waals surface area contributed by atoms with Gasteiger partial charge in [0.2, 0.25) is 5.91 Å². The topological polar surface area (TPSA) is 95.7 Å². The van der Waals surface area contributed by atoms with Gasteiger partial charge in [-0.1, -0.05) is 6.92 Å². The molecule has 3 atom stereocenters. The predicted molar refractivity (Wildman–Crippen MR) is 82.2 cm³/mol. The van der Waals surface area contributed by atoms with Gasteiger partial charge in [0.1, 0.15) is 5.70 Å². The van der Waals surface area contributed by atoms with Crippen LogP contribution in [0, 0.1) is 12.8 Å². The smallest absolute Gasteiger partial charge is 0.352 e. The van der Waals surface area contributed by atoms with Crippen molar-refractivity contribution in [3.63, 3.8) is 0 Å². The van der Waals surface area contributed by atoms with Crippen LogP contribution >= 0.6 is 0 Å². The number of amides is 1. The average Bonchev–Trinajstić information content (AvgIpc) is 2.98. The van der Waals surface area contributed by atoms with E-state index in [4.69, 9.17) is 0 Å². The van der Waals surface area contributed by atoms with Gasteiger partial charge in [-0.25, -0.2) is 4.79 Å². The number of aliphatic carboxylic acids is 1. The van der Waals surface area contributed by atoms with E-state index in [2.05, 4.69) is 12.0 Å². The zero-order valence-corrected chi connectivity index (χ0v) is 13.5. The third-order valence-corrected chi connectivity index (χ3v) is 4.66. The fourth-order valence-corrected chi connectivity index (χ4v) is 3.59. The third-order valence-electron chi connectivity index (χ3n) is 4.66. The summed E-state index contributed by atoms with van der Waals surface area (Å²) in [6.07, 6.45) is 0.577. The minimum atomic E-state index is -1.12. The maximum atomic E-state index is 12.2. The summed E-state index contributed by atoms with van der Waals surface area (Å²) >= 11 is 0. The Kier molecular flexibility index (Phi) is 3.75. The van der Waals surface area contributed by atoms with Crippen LogP contribution in [-0.4, -0.2) is 48.9 Å². The van der Waals surface area contributed by atoms with E-state index < -0.39 is 18.0 Å². The van der Waals surface area contributed by atoms with Crippen molar-refractivity contribution in [3.8, 4) is 0 Å². The summed E-state index contributed by atoms with van der Waals surface area (Å²) in [5.41, 5.74) is 2.17. The van der Waals surface area contributed by atoms with Crippen LogP contribution in [0.4, 0.5) is 0 Å². The van der Waals surface area contributed by atoms with Crippen molar-refractivity contribution in [3.05, 3.63) is 23.2 Å². The number of hydrogen-bond donors (Lipinski definition) is 2. The van der Waals surface area contributed by atoms with E-state index in [9.17, 15) is 19.8 Å². The highest BCUT2D eigenvalue weighted by Crippen LogP contribution is 2.46. The number of carbonyl (C=O) groups is 2. The van der Waals surface area contributed by atoms with Gasteiger partial charge in [0, 0.05) is 17.8 Å². The summed E-state index contributed by atoms with van der Waals surface area (Å²) in [5, 5.41) is 23.8. The fraction of sp³-hybridized carbons (Fsp3) is 0.562. The second-order valence-electron chi connectivity index (χ2n) is 6.27. The first-order valence-electron chi connectivity index (χ1n) is 7.89. The summed E-state index contributed by atoms with van der Waals surface area (Å²) < 4.78 is 1.85. The molecule has 1 saturated heterocycles. The second-order valence-corrected chi connectivity index (χ2v) is 6.27. The van der Waals surface area contributed by atoms with Crippen LogP contribution in [0.3, 0.4) is 0 Å². The Labute approximate surface area is 134 Å². The van der Waals surface area contributed by atoms with Gasteiger partial charge in [0.25, 0.3) is 0 Å². The Morgan fingerprint density at radius 3 is 2.78 bits per heavy atom. The van der Waals surface area contributed by atoms with Gasteiger partial charge in [-0.3, -0.25) is 9.48 Å². The van der Waals surface area contributed by atoms with Gasteiger partial charge >= 0.3 is 5.97 Å². The van der Waals surface area contributed by atoms with E-state index in [1.54, 1.807) is 6.92 Å². The van der Waals surface area contributed by atoms with Crippen molar-refractivity contribution >= 4 is 17.4 Å². The molecule has 23 heavy (non-hydrogen) atoms. The van der Waals surface area contributed by atoms with E-state index in [1.165, 1.54) is 4.90 Å². The first-order valence-corrected chi connectivity index (χ1v) is 7.89. The van der Waals surface area contributed by atoms with Crippen LogP contribution in [0.2, 0.25) is 0 Å². The normalized spacial score (nSPS) is 24.7. The molecule has 0 radical (unpaired) electrons. The lowest BCUT2D eigenvalue weighted by molar-refractivity contribution is -0.161. The van der Waals surface area contributed by atoms with Crippen LogP contribution in [0.15, 0.2) is 11.8 Å². The highest BCUT2D eigenvalue weighted by atomic mass is 16.4. The zero-order chi connectivity index (χ0) is 16.9. The van der Waals surface area contributed by atoms with E-state index >= 15 is 0 Å². The average molecular weight is 319 g/mol. The Morgan fingerprint density at radius 2 is 2.22 bits per heavy atom. The molecular formula is C16H21N3O4. The molecule has 0 spiro atoms. The number of aliphatic hydroxyl groups excluding tert-OH is 1. The molecule has 2 N–H and O–H groups in total. The van der Waals surface area contributed by atoms with Crippen molar-refractivity contribution in [2.24, 2.45) is 5.92 Å². The number of carbonyl (C=O) groups excluding carboxylic acids is 1. The summed E-state index contributed by atoms with van der Waals surface area (Å²) in [7, 11) is 0. The molecule has 2 aliphatic rings. The molecule has 7 heteroatoms. The lowest BCUT2D eigenvalue weighted by Crippen LogP contribution is -2.61. The number of aromatic nitrogens is 2. The minimum absolute atomic E-state index is 0.0121. The number of carboxylic acid groups (broad SMARTS) is 1. The quantitative estimate of drug-likeness (QED) is 0.790. The number of aryl methyl sites for hydroxylation is 2. The number of aliphatic hydroxyl groups is 1. The monoisotopic (exact) mass is 319 g/mol. The van der Waals surface area contributed by atoms with Gasteiger partial charge in [-0.15, -0.1) is 0 Å². The van der Waals surface area contributed by atoms with Crippen LogP contribution in [0.5, 0.6) is 0 Å². The molecule has 0 bridgehead atoms. The van der Waals surface area contributed by atoms with Crippen LogP contribution < -0.4 is 0 Å². The molecule has 1 aromatic rings. The Morgan fingerprint density at radius 1 is 1.52 bits per heavy atom. The van der Waals surface area contributed by atoms with Gasteiger partial charge < -0.3 is 15.1 Å². The standard InChI is InChI=1S/C16H21N3O4/c1-4-5-18-8(2)6-11(17-18)10-7-12-13(9(3)20)15(21)19(12)14(10)16(22)23/h6,9,12-13,20H,4-5,7H2,1-3H3,(H,22,23). The van der Waals surface area contributed by atoms with Crippen molar-refractivity contribution < 1.29 is 19.8 Å². The molecule has 3 unspecified atom stereocenters. The summed E-state index contributed by atoms with van der Waals surface area (Å²) in [6, 6.07) is 1.59. The van der Waals surface area contributed by atoms with Gasteiger partial charge in [0.05, 0.1) is 23.8 Å². The number of hydrogen-bond acceptors (Lipinski definition) is 4. The molecule has 124 valence electrons. The summed E-state index contributed by atoms with van der Waals surface area (Å²) in [5.74, 6) is -1.97. The molecule has 2 aliphatic heterocycles. The molecule has 0 aromatic carbocycles. The fourth-order valence-electron chi connectivity index (χ4n) is 3.59. The van der Waals surface area contributed by atoms with Crippen molar-refractivity contribution in [1.29, 1.82) is 0 Å².